The molecule has 0 aliphatic heterocycles. The van der Waals surface area contributed by atoms with E-state index >= 15 is 0 Å². The predicted octanol–water partition coefficient (Wildman–Crippen LogP) is 3.81. The summed E-state index contributed by atoms with van der Waals surface area (Å²) in [6, 6.07) is 12.1. The van der Waals surface area contributed by atoms with Crippen molar-refractivity contribution in [2.75, 3.05) is 18.2 Å². The molecule has 1 heterocycles. The Balaban J connectivity index is 1.54. The van der Waals surface area contributed by atoms with Crippen LogP contribution in [0.1, 0.15) is 18.4 Å². The molecule has 0 spiro atoms. The molecule has 1 amide bonds. The van der Waals surface area contributed by atoms with Crippen LogP contribution in [0.25, 0.3) is 10.2 Å². The van der Waals surface area contributed by atoms with Crippen LogP contribution in [0.2, 0.25) is 0 Å². The van der Waals surface area contributed by atoms with Gasteiger partial charge in [-0.3, -0.25) is 4.79 Å². The van der Waals surface area contributed by atoms with E-state index in [2.05, 4.69) is 10.3 Å². The SMILES string of the molecule is COc1ccc(S(=O)(=O)CCCC(=O)Nc2nc3ccc(C)cc3s2)cc1. The van der Waals surface area contributed by atoms with E-state index in [-0.39, 0.29) is 29.4 Å². The lowest BCUT2D eigenvalue weighted by Gasteiger charge is -2.06. The van der Waals surface area contributed by atoms with Gasteiger partial charge in [0.05, 0.1) is 28.0 Å². The van der Waals surface area contributed by atoms with Gasteiger partial charge in [0, 0.05) is 6.42 Å². The van der Waals surface area contributed by atoms with Gasteiger partial charge >= 0.3 is 0 Å². The number of anilines is 1. The molecule has 8 heteroatoms. The number of aryl methyl sites for hydroxylation is 1. The molecule has 1 aromatic heterocycles. The summed E-state index contributed by atoms with van der Waals surface area (Å²) < 4.78 is 30.7. The van der Waals surface area contributed by atoms with Gasteiger partial charge in [-0.15, -0.1) is 0 Å². The maximum Gasteiger partial charge on any atom is 0.226 e. The van der Waals surface area contributed by atoms with Crippen LogP contribution in [0.4, 0.5) is 5.13 Å². The van der Waals surface area contributed by atoms with Gasteiger partial charge in [0.25, 0.3) is 0 Å². The Morgan fingerprint density at radius 1 is 1.19 bits per heavy atom. The zero-order valence-corrected chi connectivity index (χ0v) is 16.7. The van der Waals surface area contributed by atoms with E-state index in [1.165, 1.54) is 30.6 Å². The van der Waals surface area contributed by atoms with Crippen molar-refractivity contribution in [1.29, 1.82) is 0 Å². The number of hydrogen-bond acceptors (Lipinski definition) is 6. The Labute approximate surface area is 162 Å². The highest BCUT2D eigenvalue weighted by Crippen LogP contribution is 2.26. The van der Waals surface area contributed by atoms with Gasteiger partial charge in [0.15, 0.2) is 15.0 Å². The molecule has 0 bridgehead atoms. The van der Waals surface area contributed by atoms with E-state index in [0.29, 0.717) is 10.9 Å². The van der Waals surface area contributed by atoms with Crippen LogP contribution < -0.4 is 10.1 Å². The van der Waals surface area contributed by atoms with Crippen LogP contribution >= 0.6 is 11.3 Å². The molecule has 0 fully saturated rings. The van der Waals surface area contributed by atoms with Crippen molar-refractivity contribution >= 4 is 42.4 Å². The van der Waals surface area contributed by atoms with Crippen molar-refractivity contribution < 1.29 is 17.9 Å². The third-order valence-corrected chi connectivity index (χ3v) is 6.78. The van der Waals surface area contributed by atoms with Crippen LogP contribution in [0.15, 0.2) is 47.4 Å². The van der Waals surface area contributed by atoms with Crippen LogP contribution in [-0.4, -0.2) is 32.2 Å². The summed E-state index contributed by atoms with van der Waals surface area (Å²) in [6.07, 6.45) is 0.356. The molecule has 0 aliphatic rings. The number of nitrogens with one attached hydrogen (secondary N) is 1. The number of rotatable bonds is 7. The number of benzene rings is 2. The van der Waals surface area contributed by atoms with Crippen molar-refractivity contribution in [3.8, 4) is 5.75 Å². The standard InChI is InChI=1S/C19H20N2O4S2/c1-13-5-10-16-17(12-13)26-19(20-16)21-18(22)4-3-11-27(23,24)15-8-6-14(25-2)7-9-15/h5-10,12H,3-4,11H2,1-2H3,(H,20,21,22). The summed E-state index contributed by atoms with van der Waals surface area (Å²) in [7, 11) is -1.91. The number of hydrogen-bond donors (Lipinski definition) is 1. The van der Waals surface area contributed by atoms with Crippen molar-refractivity contribution in [3.63, 3.8) is 0 Å². The molecular weight excluding hydrogens is 384 g/mol. The molecule has 0 saturated heterocycles. The van der Waals surface area contributed by atoms with Crippen molar-refractivity contribution in [2.45, 2.75) is 24.7 Å². The number of sulfone groups is 1. The second-order valence-electron chi connectivity index (χ2n) is 6.14. The molecule has 27 heavy (non-hydrogen) atoms. The molecule has 2 aromatic carbocycles. The van der Waals surface area contributed by atoms with Crippen molar-refractivity contribution in [3.05, 3.63) is 48.0 Å². The quantitative estimate of drug-likeness (QED) is 0.647. The molecule has 3 rings (SSSR count). The molecule has 6 nitrogen and oxygen atoms in total. The molecule has 1 N–H and O–H groups in total. The maximum absolute atomic E-state index is 12.3. The van der Waals surface area contributed by atoms with Crippen molar-refractivity contribution in [2.24, 2.45) is 0 Å². The number of carbonyl (C=O) groups excluding carboxylic acids is 1. The molecule has 0 saturated carbocycles. The fourth-order valence-corrected chi connectivity index (χ4v) is 4.88. The van der Waals surface area contributed by atoms with Gasteiger partial charge in [-0.25, -0.2) is 13.4 Å². The fourth-order valence-electron chi connectivity index (χ4n) is 2.59. The fraction of sp³-hybridized carbons (Fsp3) is 0.263. The predicted molar refractivity (Wildman–Crippen MR) is 107 cm³/mol. The minimum atomic E-state index is -3.43. The van der Waals surface area contributed by atoms with E-state index in [4.69, 9.17) is 4.74 Å². The smallest absolute Gasteiger partial charge is 0.226 e. The maximum atomic E-state index is 12.3. The molecule has 3 aromatic rings. The van der Waals surface area contributed by atoms with Crippen molar-refractivity contribution in [1.82, 2.24) is 4.98 Å². The number of methoxy groups -OCH3 is 1. The van der Waals surface area contributed by atoms with E-state index in [1.54, 1.807) is 12.1 Å². The van der Waals surface area contributed by atoms with E-state index in [1.807, 2.05) is 25.1 Å². The molecule has 142 valence electrons. The molecule has 0 unspecified atom stereocenters. The first kappa shape index (κ1) is 19.3. The summed E-state index contributed by atoms with van der Waals surface area (Å²) in [5.41, 5.74) is 1.97. The summed E-state index contributed by atoms with van der Waals surface area (Å²) in [4.78, 5) is 16.7. The zero-order chi connectivity index (χ0) is 19.4. The van der Waals surface area contributed by atoms with Gasteiger partial charge in [-0.2, -0.15) is 0 Å². The van der Waals surface area contributed by atoms with Crippen LogP contribution in [0.5, 0.6) is 5.75 Å². The van der Waals surface area contributed by atoms with Crippen LogP contribution in [0, 0.1) is 6.92 Å². The average Bonchev–Trinajstić information content (AvgIpc) is 3.02. The lowest BCUT2D eigenvalue weighted by atomic mass is 10.2. The monoisotopic (exact) mass is 404 g/mol. The largest absolute Gasteiger partial charge is 0.497 e. The van der Waals surface area contributed by atoms with Gasteiger partial charge < -0.3 is 10.1 Å². The highest BCUT2D eigenvalue weighted by Gasteiger charge is 2.16. The Morgan fingerprint density at radius 3 is 2.63 bits per heavy atom. The molecule has 0 atom stereocenters. The third-order valence-electron chi connectivity index (χ3n) is 4.03. The highest BCUT2D eigenvalue weighted by molar-refractivity contribution is 7.91. The number of thiazole rings is 1. The number of fused-ring (bicyclic) bond motifs is 1. The topological polar surface area (TPSA) is 85.4 Å². The highest BCUT2D eigenvalue weighted by atomic mass is 32.2. The molecule has 0 radical (unpaired) electrons. The van der Waals surface area contributed by atoms with Gasteiger partial charge in [-0.05, 0) is 55.3 Å². The average molecular weight is 405 g/mol. The van der Waals surface area contributed by atoms with Gasteiger partial charge in [-0.1, -0.05) is 17.4 Å². The number of ether oxygens (including phenoxy) is 1. The number of nitrogens with zero attached hydrogens (tertiary/aromatic N) is 1. The third kappa shape index (κ3) is 4.84. The summed E-state index contributed by atoms with van der Waals surface area (Å²) >= 11 is 1.41. The Bertz CT molecular complexity index is 1060. The molecule has 0 aliphatic carbocycles. The van der Waals surface area contributed by atoms with E-state index < -0.39 is 9.84 Å². The number of amides is 1. The Morgan fingerprint density at radius 2 is 1.93 bits per heavy atom. The van der Waals surface area contributed by atoms with Crippen LogP contribution in [0.3, 0.4) is 0 Å². The second kappa shape index (κ2) is 8.06. The lowest BCUT2D eigenvalue weighted by Crippen LogP contribution is -2.14. The minimum absolute atomic E-state index is 0.0915. The number of aromatic nitrogens is 1. The molecular formula is C19H20N2O4S2. The zero-order valence-electron chi connectivity index (χ0n) is 15.1. The second-order valence-corrected chi connectivity index (χ2v) is 9.28. The van der Waals surface area contributed by atoms with E-state index in [9.17, 15) is 13.2 Å². The number of carbonyl (C=O) groups is 1. The summed E-state index contributed by atoms with van der Waals surface area (Å²) in [5, 5.41) is 3.28. The van der Waals surface area contributed by atoms with Gasteiger partial charge in [0.2, 0.25) is 5.91 Å². The lowest BCUT2D eigenvalue weighted by molar-refractivity contribution is -0.116. The van der Waals surface area contributed by atoms with Crippen LogP contribution in [-0.2, 0) is 14.6 Å². The van der Waals surface area contributed by atoms with E-state index in [0.717, 1.165) is 15.8 Å². The first-order valence-corrected chi connectivity index (χ1v) is 10.9. The first-order chi connectivity index (χ1) is 12.9. The first-order valence-electron chi connectivity index (χ1n) is 8.41. The van der Waals surface area contributed by atoms with Gasteiger partial charge in [0.1, 0.15) is 5.75 Å². The Hall–Kier alpha value is -2.45. The normalized spacial score (nSPS) is 11.5. The summed E-state index contributed by atoms with van der Waals surface area (Å²) in [5.74, 6) is 0.265. The Kier molecular flexibility index (Phi) is 5.76. The minimum Gasteiger partial charge on any atom is -0.497 e. The summed E-state index contributed by atoms with van der Waals surface area (Å²) in [6.45, 7) is 2.00.